The first kappa shape index (κ1) is 12.4. The van der Waals surface area contributed by atoms with Gasteiger partial charge in [-0.05, 0) is 25.7 Å². The van der Waals surface area contributed by atoms with Crippen molar-refractivity contribution in [3.8, 4) is 0 Å². The zero-order valence-corrected chi connectivity index (χ0v) is 10.1. The molecule has 0 aromatic rings. The molecule has 1 saturated carbocycles. The third-order valence-corrected chi connectivity index (χ3v) is 3.47. The van der Waals surface area contributed by atoms with Crippen molar-refractivity contribution < 1.29 is 19.4 Å². The maximum Gasteiger partial charge on any atom is 0.306 e. The number of ether oxygens (including phenoxy) is 1. The normalized spacial score (nSPS) is 21.9. The van der Waals surface area contributed by atoms with Crippen LogP contribution < -0.4 is 0 Å². The van der Waals surface area contributed by atoms with Gasteiger partial charge in [0.25, 0.3) is 0 Å². The molecule has 0 aromatic carbocycles. The second-order valence-electron chi connectivity index (χ2n) is 4.93. The summed E-state index contributed by atoms with van der Waals surface area (Å²) in [6.45, 7) is 2.95. The molecule has 1 saturated heterocycles. The molecule has 1 amide bonds. The van der Waals surface area contributed by atoms with Gasteiger partial charge in [0.2, 0.25) is 5.91 Å². The number of hydrogen-bond acceptors (Lipinski definition) is 4. The lowest BCUT2D eigenvalue weighted by molar-refractivity contribution is -0.161. The molecule has 1 aliphatic heterocycles. The van der Waals surface area contributed by atoms with E-state index in [0.717, 1.165) is 12.8 Å². The Morgan fingerprint density at radius 3 is 2.53 bits per heavy atom. The fraction of sp³-hybridized carbons (Fsp3) is 0.833. The quantitative estimate of drug-likeness (QED) is 0.704. The van der Waals surface area contributed by atoms with Gasteiger partial charge in [-0.1, -0.05) is 0 Å². The average Bonchev–Trinajstić information content (AvgIpc) is 3.05. The first-order valence-corrected chi connectivity index (χ1v) is 6.21. The Balaban J connectivity index is 1.67. The molecule has 1 aliphatic carbocycles. The highest BCUT2D eigenvalue weighted by Crippen LogP contribution is 2.44. The van der Waals surface area contributed by atoms with E-state index in [1.54, 1.807) is 11.8 Å². The van der Waals surface area contributed by atoms with Crippen LogP contribution in [0.15, 0.2) is 0 Å². The van der Waals surface area contributed by atoms with Crippen molar-refractivity contribution in [2.45, 2.75) is 38.2 Å². The van der Waals surface area contributed by atoms with Crippen LogP contribution in [0.1, 0.15) is 32.6 Å². The van der Waals surface area contributed by atoms with Crippen LogP contribution in [0.4, 0.5) is 0 Å². The lowest BCUT2D eigenvalue weighted by Gasteiger charge is -2.47. The second-order valence-corrected chi connectivity index (χ2v) is 4.93. The molecule has 2 fully saturated rings. The Hall–Kier alpha value is -1.10. The van der Waals surface area contributed by atoms with Crippen molar-refractivity contribution in [2.24, 2.45) is 5.92 Å². The van der Waals surface area contributed by atoms with Crippen LogP contribution in [0, 0.1) is 5.92 Å². The van der Waals surface area contributed by atoms with E-state index in [0.29, 0.717) is 25.6 Å². The fourth-order valence-corrected chi connectivity index (χ4v) is 2.27. The van der Waals surface area contributed by atoms with E-state index < -0.39 is 5.60 Å². The number of likely N-dealkylation sites (tertiary alicyclic amines) is 1. The number of hydrogen-bond donors (Lipinski definition) is 1. The van der Waals surface area contributed by atoms with Crippen LogP contribution in [0.3, 0.4) is 0 Å². The summed E-state index contributed by atoms with van der Waals surface area (Å²) in [5.74, 6) is -0.0150. The van der Waals surface area contributed by atoms with Crippen LogP contribution in [0.5, 0.6) is 0 Å². The van der Waals surface area contributed by atoms with E-state index in [4.69, 9.17) is 4.74 Å². The number of rotatable bonds is 5. The third-order valence-electron chi connectivity index (χ3n) is 3.47. The highest BCUT2D eigenvalue weighted by Gasteiger charge is 2.53. The molecule has 2 rings (SSSR count). The van der Waals surface area contributed by atoms with Crippen LogP contribution in [0.25, 0.3) is 0 Å². The molecule has 0 aromatic heterocycles. The Kier molecular flexibility index (Phi) is 3.38. The molecule has 0 bridgehead atoms. The Labute approximate surface area is 101 Å². The van der Waals surface area contributed by atoms with Crippen molar-refractivity contribution in [2.75, 3.05) is 19.7 Å². The molecule has 1 heterocycles. The first-order valence-electron chi connectivity index (χ1n) is 6.21. The summed E-state index contributed by atoms with van der Waals surface area (Å²) in [4.78, 5) is 24.4. The van der Waals surface area contributed by atoms with Gasteiger partial charge in [-0.2, -0.15) is 0 Å². The van der Waals surface area contributed by atoms with Gasteiger partial charge in [-0.15, -0.1) is 0 Å². The highest BCUT2D eigenvalue weighted by molar-refractivity contribution is 5.82. The van der Waals surface area contributed by atoms with Crippen LogP contribution in [0.2, 0.25) is 0 Å². The Morgan fingerprint density at radius 2 is 2.00 bits per heavy atom. The monoisotopic (exact) mass is 241 g/mol. The van der Waals surface area contributed by atoms with Gasteiger partial charge in [0, 0.05) is 6.42 Å². The molecule has 5 nitrogen and oxygen atoms in total. The van der Waals surface area contributed by atoms with Gasteiger partial charge in [0.15, 0.2) is 0 Å². The number of esters is 1. The number of β-amino-alcohol motifs (C(OH)–C–C–N with tert-alkyl or cyclic N) is 1. The number of nitrogens with zero attached hydrogens (tertiary/aromatic N) is 1. The lowest BCUT2D eigenvalue weighted by atomic mass is 9.88. The predicted molar refractivity (Wildman–Crippen MR) is 60.1 cm³/mol. The molecule has 0 spiro atoms. The topological polar surface area (TPSA) is 66.8 Å². The minimum atomic E-state index is -0.639. The van der Waals surface area contributed by atoms with Gasteiger partial charge in [-0.3, -0.25) is 9.59 Å². The van der Waals surface area contributed by atoms with Crippen molar-refractivity contribution in [1.29, 1.82) is 0 Å². The van der Waals surface area contributed by atoms with Gasteiger partial charge in [0.05, 0.1) is 26.1 Å². The molecule has 0 atom stereocenters. The summed E-state index contributed by atoms with van der Waals surface area (Å²) >= 11 is 0. The van der Waals surface area contributed by atoms with Crippen LogP contribution >= 0.6 is 0 Å². The smallest absolute Gasteiger partial charge is 0.306 e. The summed E-state index contributed by atoms with van der Waals surface area (Å²) in [6, 6.07) is 0. The molecule has 2 aliphatic rings. The summed E-state index contributed by atoms with van der Waals surface area (Å²) in [6.07, 6.45) is 2.45. The van der Waals surface area contributed by atoms with Crippen molar-refractivity contribution in [3.05, 3.63) is 0 Å². The Morgan fingerprint density at radius 1 is 1.35 bits per heavy atom. The summed E-state index contributed by atoms with van der Waals surface area (Å²) in [5, 5.41) is 10.0. The van der Waals surface area contributed by atoms with Gasteiger partial charge < -0.3 is 14.7 Å². The molecule has 5 heteroatoms. The maximum atomic E-state index is 11.7. The molecule has 0 radical (unpaired) electrons. The summed E-state index contributed by atoms with van der Waals surface area (Å²) < 4.78 is 4.75. The van der Waals surface area contributed by atoms with Gasteiger partial charge in [0.1, 0.15) is 5.60 Å². The van der Waals surface area contributed by atoms with E-state index in [-0.39, 0.29) is 24.7 Å². The summed E-state index contributed by atoms with van der Waals surface area (Å²) in [7, 11) is 0. The lowest BCUT2D eigenvalue weighted by Crippen LogP contribution is -2.64. The van der Waals surface area contributed by atoms with E-state index in [2.05, 4.69) is 0 Å². The molecular weight excluding hydrogens is 222 g/mol. The van der Waals surface area contributed by atoms with Crippen molar-refractivity contribution >= 4 is 11.9 Å². The molecule has 96 valence electrons. The van der Waals surface area contributed by atoms with E-state index in [1.807, 2.05) is 0 Å². The van der Waals surface area contributed by atoms with Gasteiger partial charge >= 0.3 is 5.97 Å². The van der Waals surface area contributed by atoms with E-state index >= 15 is 0 Å². The molecule has 0 unspecified atom stereocenters. The zero-order chi connectivity index (χ0) is 12.5. The minimum absolute atomic E-state index is 0.0663. The minimum Gasteiger partial charge on any atom is -0.466 e. The van der Waals surface area contributed by atoms with Crippen molar-refractivity contribution in [1.82, 2.24) is 4.90 Å². The number of aliphatic hydroxyl groups is 1. The fourth-order valence-electron chi connectivity index (χ4n) is 2.27. The van der Waals surface area contributed by atoms with Crippen LogP contribution in [-0.2, 0) is 14.3 Å². The largest absolute Gasteiger partial charge is 0.466 e. The van der Waals surface area contributed by atoms with Crippen molar-refractivity contribution in [3.63, 3.8) is 0 Å². The zero-order valence-electron chi connectivity index (χ0n) is 10.1. The standard InChI is InChI=1S/C12H19NO4/c1-2-17-11(15)6-5-10(14)13-7-12(16,8-13)9-3-4-9/h9,16H,2-8H2,1H3. The second kappa shape index (κ2) is 4.64. The molecular formula is C12H19NO4. The molecule has 17 heavy (non-hydrogen) atoms. The van der Waals surface area contributed by atoms with E-state index in [1.165, 1.54) is 0 Å². The Bertz CT molecular complexity index is 318. The van der Waals surface area contributed by atoms with Crippen LogP contribution in [-0.4, -0.2) is 47.2 Å². The SMILES string of the molecule is CCOC(=O)CCC(=O)N1CC(O)(C2CC2)C1. The predicted octanol–water partition coefficient (Wildman–Crippen LogP) is 0.313. The van der Waals surface area contributed by atoms with Gasteiger partial charge in [-0.25, -0.2) is 0 Å². The maximum absolute atomic E-state index is 11.7. The highest BCUT2D eigenvalue weighted by atomic mass is 16.5. The number of amides is 1. The van der Waals surface area contributed by atoms with E-state index in [9.17, 15) is 14.7 Å². The number of carbonyl (C=O) groups excluding carboxylic acids is 2. The molecule has 1 N–H and O–H groups in total. The first-order chi connectivity index (χ1) is 8.05. The number of carbonyl (C=O) groups is 2. The average molecular weight is 241 g/mol. The third kappa shape index (κ3) is 2.77. The summed E-state index contributed by atoms with van der Waals surface area (Å²) in [5.41, 5.74) is -0.639.